The van der Waals surface area contributed by atoms with E-state index in [0.29, 0.717) is 26.2 Å². The summed E-state index contributed by atoms with van der Waals surface area (Å²) >= 11 is 0. The normalized spacial score (nSPS) is 23.8. The molecule has 25 heavy (non-hydrogen) atoms. The van der Waals surface area contributed by atoms with Gasteiger partial charge in [0, 0.05) is 20.1 Å². The van der Waals surface area contributed by atoms with E-state index in [-0.39, 0.29) is 12.0 Å². The quantitative estimate of drug-likeness (QED) is 0.778. The van der Waals surface area contributed by atoms with Crippen molar-refractivity contribution in [2.75, 3.05) is 33.3 Å². The molecular weight excluding hydrogens is 320 g/mol. The molecule has 2 aliphatic rings. The van der Waals surface area contributed by atoms with E-state index in [1.807, 2.05) is 0 Å². The first-order valence-electron chi connectivity index (χ1n) is 8.97. The second kappa shape index (κ2) is 7.93. The fourth-order valence-electron chi connectivity index (χ4n) is 3.77. The van der Waals surface area contributed by atoms with Crippen molar-refractivity contribution in [3.8, 4) is 6.07 Å². The molecule has 0 radical (unpaired) electrons. The van der Waals surface area contributed by atoms with Gasteiger partial charge in [0.15, 0.2) is 0 Å². The fourth-order valence-corrected chi connectivity index (χ4v) is 3.77. The van der Waals surface area contributed by atoms with Crippen LogP contribution in [-0.4, -0.2) is 75.4 Å². The molecule has 136 valence electrons. The third-order valence-corrected chi connectivity index (χ3v) is 5.34. The number of amides is 1. The van der Waals surface area contributed by atoms with Crippen molar-refractivity contribution in [1.29, 1.82) is 5.26 Å². The molecule has 1 aliphatic heterocycles. The number of carbonyl (C=O) groups excluding carboxylic acids is 1. The third-order valence-electron chi connectivity index (χ3n) is 5.34. The molecule has 1 saturated heterocycles. The summed E-state index contributed by atoms with van der Waals surface area (Å²) in [6.07, 6.45) is 7.91. The highest BCUT2D eigenvalue weighted by molar-refractivity contribution is 5.79. The van der Waals surface area contributed by atoms with Gasteiger partial charge in [-0.3, -0.25) is 14.4 Å². The average molecular weight is 346 g/mol. The van der Waals surface area contributed by atoms with Crippen LogP contribution in [0.3, 0.4) is 0 Å². The van der Waals surface area contributed by atoms with Gasteiger partial charge in [-0.15, -0.1) is 0 Å². The summed E-state index contributed by atoms with van der Waals surface area (Å²) in [5, 5.41) is 13.8. The van der Waals surface area contributed by atoms with Crippen molar-refractivity contribution in [1.82, 2.24) is 24.6 Å². The van der Waals surface area contributed by atoms with Crippen LogP contribution in [0.1, 0.15) is 32.1 Å². The predicted octanol–water partition coefficient (Wildman–Crippen LogP) is 0.664. The molecule has 1 aliphatic carbocycles. The molecule has 1 atom stereocenters. The van der Waals surface area contributed by atoms with Crippen LogP contribution in [-0.2, 0) is 16.1 Å². The van der Waals surface area contributed by atoms with Gasteiger partial charge in [-0.25, -0.2) is 4.98 Å². The zero-order valence-corrected chi connectivity index (χ0v) is 14.8. The number of hydrogen-bond acceptors (Lipinski definition) is 6. The molecule has 0 aromatic carbocycles. The second-order valence-electron chi connectivity index (χ2n) is 7.00. The van der Waals surface area contributed by atoms with E-state index in [4.69, 9.17) is 4.74 Å². The largest absolute Gasteiger partial charge is 0.374 e. The minimum atomic E-state index is -0.623. The smallest absolute Gasteiger partial charge is 0.237 e. The Kier molecular flexibility index (Phi) is 5.66. The van der Waals surface area contributed by atoms with Crippen molar-refractivity contribution in [3.05, 3.63) is 12.7 Å². The predicted molar refractivity (Wildman–Crippen MR) is 90.4 cm³/mol. The minimum Gasteiger partial charge on any atom is -0.374 e. The minimum absolute atomic E-state index is 0.00633. The summed E-state index contributed by atoms with van der Waals surface area (Å²) in [6, 6.07) is 2.42. The lowest BCUT2D eigenvalue weighted by molar-refractivity contribution is -0.138. The number of nitriles is 1. The van der Waals surface area contributed by atoms with Crippen LogP contribution in [0.25, 0.3) is 0 Å². The standard InChI is InChI=1S/C17H26N6O2/c1-21(17(12-18)5-3-2-4-6-17)16(24)11-22-7-8-25-15(9-22)10-23-14-19-13-20-23/h13-15H,2-11H2,1H3/t15-/m1/s1. The highest BCUT2D eigenvalue weighted by atomic mass is 16.5. The lowest BCUT2D eigenvalue weighted by atomic mass is 9.81. The number of aromatic nitrogens is 3. The molecule has 1 saturated carbocycles. The lowest BCUT2D eigenvalue weighted by Crippen LogP contribution is -2.54. The molecule has 0 spiro atoms. The Balaban J connectivity index is 1.55. The van der Waals surface area contributed by atoms with Crippen LogP contribution in [0.5, 0.6) is 0 Å². The maximum atomic E-state index is 12.8. The number of morpholine rings is 1. The summed E-state index contributed by atoms with van der Waals surface area (Å²) in [4.78, 5) is 20.5. The van der Waals surface area contributed by atoms with E-state index in [9.17, 15) is 10.1 Å². The first-order valence-corrected chi connectivity index (χ1v) is 8.97. The van der Waals surface area contributed by atoms with Gasteiger partial charge in [0.05, 0.1) is 31.9 Å². The maximum Gasteiger partial charge on any atom is 0.237 e. The van der Waals surface area contributed by atoms with Crippen molar-refractivity contribution >= 4 is 5.91 Å². The highest BCUT2D eigenvalue weighted by Gasteiger charge is 2.39. The Morgan fingerprint density at radius 1 is 1.44 bits per heavy atom. The third kappa shape index (κ3) is 4.17. The van der Waals surface area contributed by atoms with E-state index < -0.39 is 5.54 Å². The Labute approximate surface area is 148 Å². The van der Waals surface area contributed by atoms with Gasteiger partial charge in [0.25, 0.3) is 0 Å². The van der Waals surface area contributed by atoms with Crippen LogP contribution in [0.15, 0.2) is 12.7 Å². The second-order valence-corrected chi connectivity index (χ2v) is 7.00. The Hall–Kier alpha value is -1.98. The van der Waals surface area contributed by atoms with Crippen molar-refractivity contribution < 1.29 is 9.53 Å². The van der Waals surface area contributed by atoms with Crippen LogP contribution in [0.2, 0.25) is 0 Å². The molecule has 3 rings (SSSR count). The van der Waals surface area contributed by atoms with Crippen LogP contribution >= 0.6 is 0 Å². The molecule has 2 fully saturated rings. The molecule has 2 heterocycles. The van der Waals surface area contributed by atoms with Gasteiger partial charge in [0.2, 0.25) is 5.91 Å². The van der Waals surface area contributed by atoms with Crippen LogP contribution in [0, 0.1) is 11.3 Å². The molecule has 1 amide bonds. The molecule has 1 aromatic heterocycles. The molecular formula is C17H26N6O2. The fraction of sp³-hybridized carbons (Fsp3) is 0.765. The van der Waals surface area contributed by atoms with Crippen LogP contribution < -0.4 is 0 Å². The summed E-state index contributed by atoms with van der Waals surface area (Å²) in [6.45, 7) is 2.96. The number of ether oxygens (including phenoxy) is 1. The van der Waals surface area contributed by atoms with Gasteiger partial charge >= 0.3 is 0 Å². The number of carbonyl (C=O) groups is 1. The molecule has 0 unspecified atom stereocenters. The number of rotatable bonds is 5. The summed E-state index contributed by atoms with van der Waals surface area (Å²) < 4.78 is 7.52. The monoisotopic (exact) mass is 346 g/mol. The van der Waals surface area contributed by atoms with Crippen molar-refractivity contribution in [3.63, 3.8) is 0 Å². The summed E-state index contributed by atoms with van der Waals surface area (Å²) in [5.74, 6) is 0.0184. The molecule has 8 nitrogen and oxygen atoms in total. The van der Waals surface area contributed by atoms with E-state index in [1.165, 1.54) is 6.33 Å². The number of nitrogens with zero attached hydrogens (tertiary/aromatic N) is 6. The topological polar surface area (TPSA) is 87.3 Å². The zero-order valence-electron chi connectivity index (χ0n) is 14.8. The molecule has 8 heteroatoms. The average Bonchev–Trinajstić information content (AvgIpc) is 3.15. The lowest BCUT2D eigenvalue weighted by Gasteiger charge is -2.40. The Morgan fingerprint density at radius 2 is 2.24 bits per heavy atom. The van der Waals surface area contributed by atoms with E-state index >= 15 is 0 Å². The molecule has 0 N–H and O–H groups in total. The number of likely N-dealkylation sites (N-methyl/N-ethyl adjacent to an activating group) is 1. The van der Waals surface area contributed by atoms with Gasteiger partial charge in [-0.2, -0.15) is 10.4 Å². The SMILES string of the molecule is CN(C(=O)CN1CCO[C@@H](Cn2cncn2)C1)C1(C#N)CCCCC1. The van der Waals surface area contributed by atoms with Gasteiger partial charge in [0.1, 0.15) is 18.2 Å². The van der Waals surface area contributed by atoms with E-state index in [1.54, 1.807) is 23.0 Å². The zero-order chi connectivity index (χ0) is 17.7. The van der Waals surface area contributed by atoms with Gasteiger partial charge < -0.3 is 9.64 Å². The highest BCUT2D eigenvalue weighted by Crippen LogP contribution is 2.32. The van der Waals surface area contributed by atoms with E-state index in [2.05, 4.69) is 21.1 Å². The van der Waals surface area contributed by atoms with E-state index in [0.717, 1.165) is 38.6 Å². The van der Waals surface area contributed by atoms with Crippen molar-refractivity contribution in [2.45, 2.75) is 50.3 Å². The molecule has 1 aromatic rings. The first kappa shape index (κ1) is 17.8. The van der Waals surface area contributed by atoms with Gasteiger partial charge in [-0.05, 0) is 12.8 Å². The maximum absolute atomic E-state index is 12.8. The number of hydrogen-bond donors (Lipinski definition) is 0. The van der Waals surface area contributed by atoms with Gasteiger partial charge in [-0.1, -0.05) is 19.3 Å². The first-order chi connectivity index (χ1) is 12.1. The molecule has 0 bridgehead atoms. The summed E-state index contributed by atoms with van der Waals surface area (Å²) in [5.41, 5.74) is -0.623. The summed E-state index contributed by atoms with van der Waals surface area (Å²) in [7, 11) is 1.78. The Bertz CT molecular complexity index is 605. The van der Waals surface area contributed by atoms with Crippen molar-refractivity contribution in [2.24, 2.45) is 0 Å². The Morgan fingerprint density at radius 3 is 2.92 bits per heavy atom. The van der Waals surface area contributed by atoms with Crippen LogP contribution in [0.4, 0.5) is 0 Å².